The number of hydrogen-bond acceptors (Lipinski definition) is 5. The van der Waals surface area contributed by atoms with Crippen molar-refractivity contribution in [2.75, 3.05) is 26.4 Å². The van der Waals surface area contributed by atoms with Crippen LogP contribution in [-0.2, 0) is 6.54 Å². The summed E-state index contributed by atoms with van der Waals surface area (Å²) < 4.78 is 3.25. The van der Waals surface area contributed by atoms with E-state index in [4.69, 9.17) is 5.84 Å². The van der Waals surface area contributed by atoms with Crippen molar-refractivity contribution < 1.29 is 0 Å². The van der Waals surface area contributed by atoms with Crippen molar-refractivity contribution in [2.24, 2.45) is 5.84 Å². The van der Waals surface area contributed by atoms with Gasteiger partial charge in [-0.25, -0.2) is 0 Å². The van der Waals surface area contributed by atoms with Crippen LogP contribution in [0.2, 0.25) is 0 Å². The minimum atomic E-state index is 0.0817. The van der Waals surface area contributed by atoms with Gasteiger partial charge < -0.3 is 4.90 Å². The van der Waals surface area contributed by atoms with Gasteiger partial charge in [0.1, 0.15) is 0 Å². The monoisotopic (exact) mass is 363 g/mol. The molecule has 0 aliphatic heterocycles. The number of hydrazine groups is 1. The number of nitrogens with one attached hydrogen (secondary N) is 1. The predicted molar refractivity (Wildman–Crippen MR) is 90.8 cm³/mol. The fourth-order valence-corrected chi connectivity index (χ4v) is 3.22. The van der Waals surface area contributed by atoms with Gasteiger partial charge in [0.2, 0.25) is 0 Å². The molecule has 0 aromatic carbocycles. The molecule has 3 N–H and O–H groups in total. The largest absolute Gasteiger partial charge is 0.308 e. The van der Waals surface area contributed by atoms with Crippen LogP contribution in [0.15, 0.2) is 10.7 Å². The quantitative estimate of drug-likeness (QED) is 0.574. The maximum atomic E-state index is 5.75. The minimum Gasteiger partial charge on any atom is -0.308 e. The molecule has 1 rings (SSSR count). The fraction of sp³-hybridized carbons (Fsp3) is 0.769. The number of hydrogen-bond donors (Lipinski definition) is 2. The van der Waals surface area contributed by atoms with Crippen molar-refractivity contribution in [1.29, 1.82) is 0 Å². The van der Waals surface area contributed by atoms with E-state index in [-0.39, 0.29) is 10.8 Å². The molecule has 0 bridgehead atoms. The molecule has 0 aliphatic carbocycles. The Bertz CT molecular complexity index is 413. The van der Waals surface area contributed by atoms with Crippen molar-refractivity contribution >= 4 is 27.7 Å². The van der Waals surface area contributed by atoms with Crippen LogP contribution in [0.1, 0.15) is 32.5 Å². The van der Waals surface area contributed by atoms with Gasteiger partial charge in [-0.15, -0.1) is 0 Å². The Balaban J connectivity index is 2.82. The van der Waals surface area contributed by atoms with Crippen LogP contribution in [0, 0.1) is 0 Å². The van der Waals surface area contributed by atoms with Crippen molar-refractivity contribution in [2.45, 2.75) is 38.1 Å². The molecule has 0 radical (unpaired) electrons. The SMILES string of the molecule is CN(C)CCn1ncc(Br)c1C(CSC(C)(C)C)NN. The molecule has 0 saturated carbocycles. The van der Waals surface area contributed by atoms with Gasteiger partial charge in [-0.05, 0) is 30.0 Å². The van der Waals surface area contributed by atoms with E-state index in [1.807, 2.05) is 22.6 Å². The highest BCUT2D eigenvalue weighted by Crippen LogP contribution is 2.31. The van der Waals surface area contributed by atoms with Gasteiger partial charge >= 0.3 is 0 Å². The summed E-state index contributed by atoms with van der Waals surface area (Å²) in [4.78, 5) is 2.15. The van der Waals surface area contributed by atoms with E-state index in [2.05, 4.69) is 66.2 Å². The number of thioether (sulfide) groups is 1. The highest BCUT2D eigenvalue weighted by atomic mass is 79.9. The van der Waals surface area contributed by atoms with E-state index >= 15 is 0 Å². The van der Waals surface area contributed by atoms with E-state index in [9.17, 15) is 0 Å². The Labute approximate surface area is 134 Å². The smallest absolute Gasteiger partial charge is 0.0730 e. The molecule has 1 heterocycles. The molecule has 1 unspecified atom stereocenters. The summed E-state index contributed by atoms with van der Waals surface area (Å²) in [5.74, 6) is 6.66. The summed E-state index contributed by atoms with van der Waals surface area (Å²) in [5.41, 5.74) is 4.04. The van der Waals surface area contributed by atoms with Gasteiger partial charge in [0.15, 0.2) is 0 Å². The molecule has 20 heavy (non-hydrogen) atoms. The van der Waals surface area contributed by atoms with E-state index < -0.39 is 0 Å². The van der Waals surface area contributed by atoms with Gasteiger partial charge in [-0.2, -0.15) is 16.9 Å². The molecule has 1 aromatic rings. The predicted octanol–water partition coefficient (Wildman–Crippen LogP) is 2.24. The van der Waals surface area contributed by atoms with E-state index in [0.29, 0.717) is 0 Å². The summed E-state index contributed by atoms with van der Waals surface area (Å²) in [6, 6.07) is 0.0817. The van der Waals surface area contributed by atoms with Gasteiger partial charge in [-0.3, -0.25) is 16.0 Å². The first kappa shape index (κ1) is 18.0. The Hall–Kier alpha value is -0.0800. The molecule has 0 saturated heterocycles. The van der Waals surface area contributed by atoms with E-state index in [1.54, 1.807) is 0 Å². The minimum absolute atomic E-state index is 0.0817. The standard InChI is InChI=1S/C13H26BrN5S/c1-13(2,3)20-9-11(17-15)12-10(14)8-16-19(12)7-6-18(4)5/h8,11,17H,6-7,9,15H2,1-5H3. The Morgan fingerprint density at radius 1 is 1.50 bits per heavy atom. The average molecular weight is 364 g/mol. The van der Waals surface area contributed by atoms with Crippen molar-refractivity contribution in [3.8, 4) is 0 Å². The molecule has 0 fully saturated rings. The second-order valence-electron chi connectivity index (χ2n) is 6.05. The first-order valence-corrected chi connectivity index (χ1v) is 8.48. The van der Waals surface area contributed by atoms with Crippen LogP contribution in [0.5, 0.6) is 0 Å². The van der Waals surface area contributed by atoms with Gasteiger partial charge in [-0.1, -0.05) is 20.8 Å². The molecule has 1 atom stereocenters. The summed E-state index contributed by atoms with van der Waals surface area (Å²) in [6.45, 7) is 8.44. The van der Waals surface area contributed by atoms with E-state index in [0.717, 1.165) is 29.0 Å². The van der Waals surface area contributed by atoms with Gasteiger partial charge in [0, 0.05) is 17.0 Å². The summed E-state index contributed by atoms with van der Waals surface area (Å²) in [5, 5.41) is 4.44. The van der Waals surface area contributed by atoms with Crippen molar-refractivity contribution in [1.82, 2.24) is 20.1 Å². The molecule has 1 aromatic heterocycles. The molecule has 0 aliphatic rings. The molecule has 116 valence electrons. The number of rotatable bonds is 7. The van der Waals surface area contributed by atoms with Crippen LogP contribution < -0.4 is 11.3 Å². The lowest BCUT2D eigenvalue weighted by Gasteiger charge is -2.24. The molecular weight excluding hydrogens is 338 g/mol. The first-order chi connectivity index (χ1) is 9.24. The highest BCUT2D eigenvalue weighted by Gasteiger charge is 2.22. The molecule has 0 amide bonds. The maximum absolute atomic E-state index is 5.75. The third-order valence-corrected chi connectivity index (χ3v) is 4.78. The first-order valence-electron chi connectivity index (χ1n) is 6.70. The Morgan fingerprint density at radius 3 is 2.65 bits per heavy atom. The zero-order valence-electron chi connectivity index (χ0n) is 13.0. The fourth-order valence-electron chi connectivity index (χ4n) is 1.73. The lowest BCUT2D eigenvalue weighted by atomic mass is 10.2. The number of likely N-dealkylation sites (N-methyl/N-ethyl adjacent to an activating group) is 1. The maximum Gasteiger partial charge on any atom is 0.0730 e. The number of aromatic nitrogens is 2. The second-order valence-corrected chi connectivity index (χ2v) is 8.75. The summed E-state index contributed by atoms with van der Waals surface area (Å²) in [7, 11) is 4.12. The van der Waals surface area contributed by atoms with Crippen LogP contribution in [0.4, 0.5) is 0 Å². The molecular formula is C13H26BrN5S. The van der Waals surface area contributed by atoms with Crippen LogP contribution in [-0.4, -0.2) is 45.8 Å². The molecule has 5 nitrogen and oxygen atoms in total. The zero-order valence-corrected chi connectivity index (χ0v) is 15.4. The molecule has 7 heteroatoms. The van der Waals surface area contributed by atoms with Gasteiger partial charge in [0.05, 0.1) is 29.0 Å². The lowest BCUT2D eigenvalue weighted by molar-refractivity contribution is 0.364. The van der Waals surface area contributed by atoms with Gasteiger partial charge in [0.25, 0.3) is 0 Å². The zero-order chi connectivity index (χ0) is 15.3. The third-order valence-electron chi connectivity index (χ3n) is 2.81. The number of halogens is 1. The summed E-state index contributed by atoms with van der Waals surface area (Å²) in [6.07, 6.45) is 1.84. The Kier molecular flexibility index (Phi) is 7.00. The average Bonchev–Trinajstić information content (AvgIpc) is 2.68. The number of nitrogens with zero attached hydrogens (tertiary/aromatic N) is 3. The van der Waals surface area contributed by atoms with Crippen molar-refractivity contribution in [3.05, 3.63) is 16.4 Å². The third kappa shape index (κ3) is 5.73. The van der Waals surface area contributed by atoms with Crippen LogP contribution in [0.3, 0.4) is 0 Å². The van der Waals surface area contributed by atoms with Crippen molar-refractivity contribution in [3.63, 3.8) is 0 Å². The second kappa shape index (κ2) is 7.79. The normalized spacial score (nSPS) is 14.0. The topological polar surface area (TPSA) is 59.1 Å². The van der Waals surface area contributed by atoms with Crippen LogP contribution >= 0.6 is 27.7 Å². The Morgan fingerprint density at radius 2 is 2.15 bits per heavy atom. The van der Waals surface area contributed by atoms with Crippen LogP contribution in [0.25, 0.3) is 0 Å². The highest BCUT2D eigenvalue weighted by molar-refractivity contribution is 9.10. The number of nitrogens with two attached hydrogens (primary N) is 1. The lowest BCUT2D eigenvalue weighted by Crippen LogP contribution is -2.33. The summed E-state index contributed by atoms with van der Waals surface area (Å²) >= 11 is 5.48. The van der Waals surface area contributed by atoms with E-state index in [1.165, 1.54) is 0 Å². The molecule has 0 spiro atoms.